The van der Waals surface area contributed by atoms with E-state index in [1.807, 2.05) is 45.0 Å². The first-order chi connectivity index (χ1) is 7.14. The Morgan fingerprint density at radius 2 is 1.67 bits per heavy atom. The maximum absolute atomic E-state index is 5.63. The van der Waals surface area contributed by atoms with Gasteiger partial charge in [0.25, 0.3) is 0 Å². The standard InChI is InChI=1S/C12H17O2Si/c1-4-13-12(15,14-5-2)11-9-7-6-8-10(11)3/h6-9H,4-5H2,1-3H3. The average Bonchev–Trinajstić information content (AvgIpc) is 2.19. The minimum atomic E-state index is -0.811. The monoisotopic (exact) mass is 221 g/mol. The third kappa shape index (κ3) is 2.90. The maximum atomic E-state index is 5.63. The molecule has 0 aromatic heterocycles. The largest absolute Gasteiger partial charge is 0.351 e. The van der Waals surface area contributed by atoms with Crippen LogP contribution in [0.25, 0.3) is 0 Å². The summed E-state index contributed by atoms with van der Waals surface area (Å²) < 4.78 is 11.3. The summed E-state index contributed by atoms with van der Waals surface area (Å²) in [5.74, 6) is 0. The van der Waals surface area contributed by atoms with Crippen molar-refractivity contribution in [2.75, 3.05) is 13.2 Å². The second-order valence-electron chi connectivity index (χ2n) is 3.30. The molecule has 81 valence electrons. The molecule has 3 radical (unpaired) electrons. The lowest BCUT2D eigenvalue weighted by Crippen LogP contribution is -2.34. The lowest BCUT2D eigenvalue weighted by atomic mass is 10.1. The van der Waals surface area contributed by atoms with Crippen LogP contribution in [-0.2, 0) is 14.9 Å². The van der Waals surface area contributed by atoms with E-state index >= 15 is 0 Å². The molecule has 0 saturated heterocycles. The summed E-state index contributed by atoms with van der Waals surface area (Å²) >= 11 is 0. The van der Waals surface area contributed by atoms with Gasteiger partial charge in [-0.2, -0.15) is 0 Å². The van der Waals surface area contributed by atoms with E-state index in [2.05, 4.69) is 10.2 Å². The molecule has 0 fully saturated rings. The van der Waals surface area contributed by atoms with Gasteiger partial charge in [0.1, 0.15) is 10.2 Å². The summed E-state index contributed by atoms with van der Waals surface area (Å²) in [5.41, 5.74) is 1.36. The maximum Gasteiger partial charge on any atom is 0.169 e. The molecule has 0 spiro atoms. The van der Waals surface area contributed by atoms with E-state index in [0.717, 1.165) is 11.1 Å². The minimum absolute atomic E-state index is 0.595. The highest BCUT2D eigenvalue weighted by atomic mass is 28.1. The molecule has 1 aromatic carbocycles. The van der Waals surface area contributed by atoms with Crippen LogP contribution in [0.5, 0.6) is 0 Å². The highest BCUT2D eigenvalue weighted by Crippen LogP contribution is 2.26. The van der Waals surface area contributed by atoms with Crippen LogP contribution in [-0.4, -0.2) is 23.5 Å². The van der Waals surface area contributed by atoms with Crippen molar-refractivity contribution in [2.24, 2.45) is 0 Å². The molecule has 0 amide bonds. The van der Waals surface area contributed by atoms with E-state index in [9.17, 15) is 0 Å². The van der Waals surface area contributed by atoms with Crippen molar-refractivity contribution < 1.29 is 9.47 Å². The van der Waals surface area contributed by atoms with Gasteiger partial charge in [-0.1, -0.05) is 24.3 Å². The van der Waals surface area contributed by atoms with E-state index in [1.54, 1.807) is 0 Å². The zero-order chi connectivity index (χ0) is 11.3. The lowest BCUT2D eigenvalue weighted by Gasteiger charge is -2.31. The third-order valence-corrected chi connectivity index (χ3v) is 2.75. The first kappa shape index (κ1) is 12.4. The fourth-order valence-electron chi connectivity index (χ4n) is 1.55. The predicted molar refractivity (Wildman–Crippen MR) is 61.9 cm³/mol. The quantitative estimate of drug-likeness (QED) is 0.561. The summed E-state index contributed by atoms with van der Waals surface area (Å²) in [6, 6.07) is 8.04. The van der Waals surface area contributed by atoms with E-state index in [-0.39, 0.29) is 0 Å². The highest BCUT2D eigenvalue weighted by Gasteiger charge is 2.28. The van der Waals surface area contributed by atoms with Gasteiger partial charge in [-0.15, -0.1) is 0 Å². The van der Waals surface area contributed by atoms with Crippen molar-refractivity contribution in [2.45, 2.75) is 26.2 Å². The van der Waals surface area contributed by atoms with Crippen LogP contribution in [0.2, 0.25) is 0 Å². The average molecular weight is 221 g/mol. The van der Waals surface area contributed by atoms with Crippen molar-refractivity contribution in [1.29, 1.82) is 0 Å². The summed E-state index contributed by atoms with van der Waals surface area (Å²) in [6.07, 6.45) is 0. The smallest absolute Gasteiger partial charge is 0.169 e. The van der Waals surface area contributed by atoms with Gasteiger partial charge in [0.05, 0.1) is 0 Å². The predicted octanol–water partition coefficient (Wildman–Crippen LogP) is 2.35. The van der Waals surface area contributed by atoms with Crippen LogP contribution in [0.3, 0.4) is 0 Å². The fourth-order valence-corrected chi connectivity index (χ4v) is 2.12. The van der Waals surface area contributed by atoms with Gasteiger partial charge >= 0.3 is 0 Å². The molecule has 0 aliphatic carbocycles. The molecular weight excluding hydrogens is 204 g/mol. The van der Waals surface area contributed by atoms with Gasteiger partial charge in [0, 0.05) is 18.8 Å². The normalized spacial score (nSPS) is 11.7. The van der Waals surface area contributed by atoms with Crippen LogP contribution in [0.4, 0.5) is 0 Å². The molecule has 0 N–H and O–H groups in total. The molecule has 0 saturated carbocycles. The van der Waals surface area contributed by atoms with E-state index in [0.29, 0.717) is 13.2 Å². The van der Waals surface area contributed by atoms with Crippen molar-refractivity contribution >= 4 is 10.2 Å². The van der Waals surface area contributed by atoms with Crippen molar-refractivity contribution in [3.05, 3.63) is 35.4 Å². The minimum Gasteiger partial charge on any atom is -0.351 e. The molecule has 0 aliphatic heterocycles. The van der Waals surface area contributed by atoms with Gasteiger partial charge in [-0.05, 0) is 26.3 Å². The molecule has 0 atom stereocenters. The third-order valence-electron chi connectivity index (χ3n) is 2.19. The van der Waals surface area contributed by atoms with Crippen LogP contribution in [0.1, 0.15) is 25.0 Å². The Hall–Kier alpha value is -0.643. The Balaban J connectivity index is 3.03. The van der Waals surface area contributed by atoms with Gasteiger partial charge < -0.3 is 9.47 Å². The van der Waals surface area contributed by atoms with Crippen LogP contribution >= 0.6 is 0 Å². The second kappa shape index (κ2) is 5.44. The fraction of sp³-hybridized carbons (Fsp3) is 0.500. The molecule has 1 aromatic rings. The first-order valence-corrected chi connectivity index (χ1v) is 5.73. The van der Waals surface area contributed by atoms with Crippen molar-refractivity contribution in [3.63, 3.8) is 0 Å². The number of hydrogen-bond donors (Lipinski definition) is 0. The van der Waals surface area contributed by atoms with E-state index in [1.165, 1.54) is 0 Å². The first-order valence-electron chi connectivity index (χ1n) is 5.23. The number of benzene rings is 1. The molecule has 3 heteroatoms. The molecule has 0 heterocycles. The number of aryl methyl sites for hydroxylation is 1. The van der Waals surface area contributed by atoms with E-state index in [4.69, 9.17) is 9.47 Å². The Kier molecular flexibility index (Phi) is 4.51. The van der Waals surface area contributed by atoms with E-state index < -0.39 is 5.41 Å². The Morgan fingerprint density at radius 3 is 2.13 bits per heavy atom. The molecule has 0 unspecified atom stereocenters. The van der Waals surface area contributed by atoms with Crippen molar-refractivity contribution in [1.82, 2.24) is 0 Å². The topological polar surface area (TPSA) is 18.5 Å². The summed E-state index contributed by atoms with van der Waals surface area (Å²) in [5, 5.41) is 0. The SMILES string of the molecule is CCOC([Si])(OCC)c1ccccc1C. The Labute approximate surface area is 95.0 Å². The van der Waals surface area contributed by atoms with Crippen LogP contribution in [0.15, 0.2) is 24.3 Å². The zero-order valence-electron chi connectivity index (χ0n) is 9.54. The van der Waals surface area contributed by atoms with Crippen LogP contribution < -0.4 is 0 Å². The van der Waals surface area contributed by atoms with Crippen LogP contribution in [0, 0.1) is 6.92 Å². The molecule has 0 aliphatic rings. The van der Waals surface area contributed by atoms with Crippen molar-refractivity contribution in [3.8, 4) is 0 Å². The number of ether oxygens (including phenoxy) is 2. The van der Waals surface area contributed by atoms with Gasteiger partial charge in [-0.25, -0.2) is 0 Å². The zero-order valence-corrected chi connectivity index (χ0v) is 10.5. The number of hydrogen-bond acceptors (Lipinski definition) is 2. The van der Waals surface area contributed by atoms with Gasteiger partial charge in [0.15, 0.2) is 5.41 Å². The molecular formula is C12H17O2Si. The lowest BCUT2D eigenvalue weighted by molar-refractivity contribution is -0.180. The Morgan fingerprint density at radius 1 is 1.13 bits per heavy atom. The van der Waals surface area contributed by atoms with Gasteiger partial charge in [-0.3, -0.25) is 0 Å². The summed E-state index contributed by atoms with van der Waals surface area (Å²) in [6.45, 7) is 7.14. The number of rotatable bonds is 5. The van der Waals surface area contributed by atoms with Gasteiger partial charge in [0.2, 0.25) is 0 Å². The Bertz CT molecular complexity index is 306. The highest BCUT2D eigenvalue weighted by molar-refractivity contribution is 6.13. The molecule has 15 heavy (non-hydrogen) atoms. The second-order valence-corrected chi connectivity index (χ2v) is 3.96. The molecule has 0 bridgehead atoms. The summed E-state index contributed by atoms with van der Waals surface area (Å²) in [4.78, 5) is 0. The summed E-state index contributed by atoms with van der Waals surface area (Å²) in [7, 11) is 3.58. The molecule has 1 rings (SSSR count). The molecule has 2 nitrogen and oxygen atoms in total.